The van der Waals surface area contributed by atoms with Crippen LogP contribution in [0.2, 0.25) is 0 Å². The van der Waals surface area contributed by atoms with Gasteiger partial charge in [-0.25, -0.2) is 8.42 Å². The minimum atomic E-state index is -3.63. The molecule has 1 atom stereocenters. The Balaban J connectivity index is 1.84. The van der Waals surface area contributed by atoms with E-state index in [2.05, 4.69) is 4.90 Å². The van der Waals surface area contributed by atoms with E-state index in [9.17, 15) is 13.2 Å². The second-order valence-electron chi connectivity index (χ2n) is 5.32. The summed E-state index contributed by atoms with van der Waals surface area (Å²) in [5.41, 5.74) is 0. The number of aldehydes is 1. The Bertz CT molecular complexity index is 595. The van der Waals surface area contributed by atoms with Crippen molar-refractivity contribution in [2.75, 3.05) is 26.2 Å². The summed E-state index contributed by atoms with van der Waals surface area (Å²) in [6.07, 6.45) is 3.52. The average Bonchev–Trinajstić information content (AvgIpc) is 3.04. The van der Waals surface area contributed by atoms with E-state index in [1.807, 2.05) is 0 Å². The lowest BCUT2D eigenvalue weighted by molar-refractivity contribution is 0.109. The van der Waals surface area contributed by atoms with E-state index in [0.29, 0.717) is 25.4 Å². The molecule has 0 radical (unpaired) electrons. The Kier molecular flexibility index (Phi) is 3.66. The summed E-state index contributed by atoms with van der Waals surface area (Å²) in [4.78, 5) is 13.0. The van der Waals surface area contributed by atoms with Crippen molar-refractivity contribution in [2.45, 2.75) is 30.4 Å². The van der Waals surface area contributed by atoms with Crippen molar-refractivity contribution in [3.05, 3.63) is 17.9 Å². The molecular formula is C13H18N2O4S. The summed E-state index contributed by atoms with van der Waals surface area (Å²) in [5, 5.41) is -0.133. The van der Waals surface area contributed by atoms with Crippen molar-refractivity contribution >= 4 is 16.3 Å². The lowest BCUT2D eigenvalue weighted by Crippen LogP contribution is -2.39. The van der Waals surface area contributed by atoms with Gasteiger partial charge in [0.05, 0.1) is 0 Å². The van der Waals surface area contributed by atoms with Gasteiger partial charge in [0.1, 0.15) is 0 Å². The Labute approximate surface area is 118 Å². The minimum absolute atomic E-state index is 0.0425. The molecule has 0 amide bonds. The third kappa shape index (κ3) is 2.41. The van der Waals surface area contributed by atoms with E-state index in [1.54, 1.807) is 0 Å². The van der Waals surface area contributed by atoms with Crippen LogP contribution in [0.25, 0.3) is 0 Å². The van der Waals surface area contributed by atoms with E-state index in [1.165, 1.54) is 16.4 Å². The summed E-state index contributed by atoms with van der Waals surface area (Å²) >= 11 is 0. The van der Waals surface area contributed by atoms with Crippen LogP contribution in [0.5, 0.6) is 0 Å². The molecule has 0 aromatic carbocycles. The number of hydrogen-bond donors (Lipinski definition) is 0. The number of carbonyl (C=O) groups is 1. The standard InChI is InChI=1S/C13H18N2O4S/c16-10-12-4-5-13(19-12)20(17,18)15-8-2-7-14-6-1-3-11(14)9-15/h4-5,10-11H,1-3,6-9H2. The molecule has 0 spiro atoms. The number of nitrogens with zero attached hydrogens (tertiary/aromatic N) is 2. The summed E-state index contributed by atoms with van der Waals surface area (Å²) < 4.78 is 31.7. The zero-order chi connectivity index (χ0) is 14.2. The molecule has 6 nitrogen and oxygen atoms in total. The third-order valence-corrected chi connectivity index (χ3v) is 5.82. The lowest BCUT2D eigenvalue weighted by Gasteiger charge is -2.24. The van der Waals surface area contributed by atoms with Gasteiger partial charge in [-0.1, -0.05) is 0 Å². The summed E-state index contributed by atoms with van der Waals surface area (Å²) in [6.45, 7) is 3.04. The highest BCUT2D eigenvalue weighted by molar-refractivity contribution is 7.89. The van der Waals surface area contributed by atoms with Gasteiger partial charge in [0.2, 0.25) is 5.09 Å². The molecule has 1 aromatic rings. The first kappa shape index (κ1) is 13.8. The zero-order valence-electron chi connectivity index (χ0n) is 11.2. The van der Waals surface area contributed by atoms with Gasteiger partial charge in [-0.05, 0) is 44.5 Å². The van der Waals surface area contributed by atoms with Crippen molar-refractivity contribution in [2.24, 2.45) is 0 Å². The van der Waals surface area contributed by atoms with Gasteiger partial charge in [0.25, 0.3) is 10.0 Å². The molecule has 2 aliphatic rings. The topological polar surface area (TPSA) is 70.8 Å². The molecule has 3 heterocycles. The lowest BCUT2D eigenvalue weighted by atomic mass is 10.2. The molecular weight excluding hydrogens is 280 g/mol. The maximum atomic E-state index is 12.6. The largest absolute Gasteiger partial charge is 0.440 e. The van der Waals surface area contributed by atoms with Crippen molar-refractivity contribution in [1.29, 1.82) is 0 Å². The van der Waals surface area contributed by atoms with Crippen LogP contribution in [-0.4, -0.2) is 56.1 Å². The quantitative estimate of drug-likeness (QED) is 0.777. The molecule has 7 heteroatoms. The maximum Gasteiger partial charge on any atom is 0.276 e. The first-order chi connectivity index (χ1) is 9.61. The number of rotatable bonds is 3. The summed E-state index contributed by atoms with van der Waals surface area (Å²) in [7, 11) is -3.63. The van der Waals surface area contributed by atoms with E-state index >= 15 is 0 Å². The van der Waals surface area contributed by atoms with Crippen LogP contribution in [0.1, 0.15) is 29.8 Å². The summed E-state index contributed by atoms with van der Waals surface area (Å²) in [6, 6.07) is 3.06. The predicted molar refractivity (Wildman–Crippen MR) is 72.1 cm³/mol. The van der Waals surface area contributed by atoms with Crippen molar-refractivity contribution < 1.29 is 17.6 Å². The first-order valence-electron chi connectivity index (χ1n) is 6.90. The SMILES string of the molecule is O=Cc1ccc(S(=O)(=O)N2CCCN3CCCC3C2)o1. The highest BCUT2D eigenvalue weighted by atomic mass is 32.2. The molecule has 2 fully saturated rings. The number of fused-ring (bicyclic) bond motifs is 1. The molecule has 1 unspecified atom stereocenters. The van der Waals surface area contributed by atoms with Gasteiger partial charge in [-0.15, -0.1) is 0 Å². The van der Waals surface area contributed by atoms with Crippen LogP contribution >= 0.6 is 0 Å². The number of hydrogen-bond acceptors (Lipinski definition) is 5. The van der Waals surface area contributed by atoms with E-state index < -0.39 is 10.0 Å². The van der Waals surface area contributed by atoms with Gasteiger partial charge in [-0.2, -0.15) is 4.31 Å². The number of carbonyl (C=O) groups excluding carboxylic acids is 1. The normalized spacial score (nSPS) is 25.3. The van der Waals surface area contributed by atoms with Gasteiger partial charge in [0.15, 0.2) is 12.0 Å². The van der Waals surface area contributed by atoms with Crippen LogP contribution < -0.4 is 0 Å². The molecule has 2 saturated heterocycles. The fourth-order valence-electron chi connectivity index (χ4n) is 3.05. The molecule has 1 aromatic heterocycles. The molecule has 20 heavy (non-hydrogen) atoms. The van der Waals surface area contributed by atoms with E-state index in [0.717, 1.165) is 32.4 Å². The Morgan fingerprint density at radius 3 is 2.75 bits per heavy atom. The highest BCUT2D eigenvalue weighted by Crippen LogP contribution is 2.25. The van der Waals surface area contributed by atoms with Crippen LogP contribution in [-0.2, 0) is 10.0 Å². The fraction of sp³-hybridized carbons (Fsp3) is 0.615. The van der Waals surface area contributed by atoms with Crippen LogP contribution in [0, 0.1) is 0 Å². The third-order valence-electron chi connectivity index (χ3n) is 4.08. The van der Waals surface area contributed by atoms with Crippen LogP contribution in [0.4, 0.5) is 0 Å². The van der Waals surface area contributed by atoms with E-state index in [-0.39, 0.29) is 10.9 Å². The van der Waals surface area contributed by atoms with Crippen LogP contribution in [0.3, 0.4) is 0 Å². The van der Waals surface area contributed by atoms with Crippen molar-refractivity contribution in [3.8, 4) is 0 Å². The number of furan rings is 1. The van der Waals surface area contributed by atoms with E-state index in [4.69, 9.17) is 4.42 Å². The monoisotopic (exact) mass is 298 g/mol. The smallest absolute Gasteiger partial charge is 0.276 e. The molecule has 3 rings (SSSR count). The molecule has 0 N–H and O–H groups in total. The minimum Gasteiger partial charge on any atom is -0.440 e. The summed E-state index contributed by atoms with van der Waals surface area (Å²) in [5.74, 6) is 0.0425. The second kappa shape index (κ2) is 5.31. The van der Waals surface area contributed by atoms with Crippen molar-refractivity contribution in [1.82, 2.24) is 9.21 Å². The number of sulfonamides is 1. The molecule has 0 bridgehead atoms. The highest BCUT2D eigenvalue weighted by Gasteiger charge is 2.35. The predicted octanol–water partition coefficient (Wildman–Crippen LogP) is 0.951. The molecule has 0 saturated carbocycles. The van der Waals surface area contributed by atoms with Gasteiger partial charge in [0, 0.05) is 19.1 Å². The fourth-order valence-corrected chi connectivity index (χ4v) is 4.49. The Hall–Kier alpha value is -1.18. The van der Waals surface area contributed by atoms with Gasteiger partial charge in [-0.3, -0.25) is 9.69 Å². The average molecular weight is 298 g/mol. The van der Waals surface area contributed by atoms with Crippen LogP contribution in [0.15, 0.2) is 21.6 Å². The zero-order valence-corrected chi connectivity index (χ0v) is 12.0. The Morgan fingerprint density at radius 2 is 2.00 bits per heavy atom. The molecule has 2 aliphatic heterocycles. The second-order valence-corrected chi connectivity index (χ2v) is 7.19. The Morgan fingerprint density at radius 1 is 1.20 bits per heavy atom. The molecule has 0 aliphatic carbocycles. The molecule has 110 valence electrons. The van der Waals surface area contributed by atoms with Crippen molar-refractivity contribution in [3.63, 3.8) is 0 Å². The van der Waals surface area contributed by atoms with Gasteiger partial charge >= 0.3 is 0 Å². The maximum absolute atomic E-state index is 12.6. The first-order valence-corrected chi connectivity index (χ1v) is 8.34. The van der Waals surface area contributed by atoms with Gasteiger partial charge < -0.3 is 4.42 Å².